The molecule has 0 spiro atoms. The van der Waals surface area contributed by atoms with E-state index in [0.29, 0.717) is 19.4 Å². The first-order chi connectivity index (χ1) is 19.1. The number of rotatable bonds is 11. The molecule has 214 valence electrons. The van der Waals surface area contributed by atoms with E-state index in [4.69, 9.17) is 4.99 Å². The van der Waals surface area contributed by atoms with Gasteiger partial charge in [0.1, 0.15) is 5.82 Å². The second-order valence-corrected chi connectivity index (χ2v) is 9.94. The molecule has 1 aliphatic heterocycles. The van der Waals surface area contributed by atoms with E-state index in [2.05, 4.69) is 54.1 Å². The van der Waals surface area contributed by atoms with Gasteiger partial charge in [0.15, 0.2) is 0 Å². The van der Waals surface area contributed by atoms with Crippen LogP contribution in [0.15, 0.2) is 102 Å². The van der Waals surface area contributed by atoms with Gasteiger partial charge in [0.25, 0.3) is 0 Å². The van der Waals surface area contributed by atoms with Crippen molar-refractivity contribution in [1.82, 2.24) is 10.2 Å². The van der Waals surface area contributed by atoms with Crippen molar-refractivity contribution in [3.63, 3.8) is 0 Å². The largest absolute Gasteiger partial charge is 0.352 e. The lowest BCUT2D eigenvalue weighted by atomic mass is 10.00. The highest BCUT2D eigenvalue weighted by Gasteiger charge is 2.18. The lowest BCUT2D eigenvalue weighted by molar-refractivity contribution is -0.120. The summed E-state index contributed by atoms with van der Waals surface area (Å²) in [5, 5.41) is 2.77. The van der Waals surface area contributed by atoms with Crippen LogP contribution >= 0.6 is 0 Å². The molecule has 7 heteroatoms. The minimum Gasteiger partial charge on any atom is -0.352 e. The maximum atomic E-state index is 13.3. The number of carbonyl (C=O) groups excluding carboxylic acids is 1. The van der Waals surface area contributed by atoms with E-state index in [0.717, 1.165) is 53.3 Å². The van der Waals surface area contributed by atoms with Crippen LogP contribution in [0.3, 0.4) is 0 Å². The van der Waals surface area contributed by atoms with Crippen LogP contribution in [0.1, 0.15) is 51.2 Å². The van der Waals surface area contributed by atoms with Crippen molar-refractivity contribution >= 4 is 17.3 Å². The number of benzene rings is 2. The Morgan fingerprint density at radius 1 is 1.07 bits per heavy atom. The number of allylic oxidation sites excluding steroid dienone is 4. The molecule has 3 rings (SSSR count). The van der Waals surface area contributed by atoms with Gasteiger partial charge in [-0.25, -0.2) is 8.78 Å². The van der Waals surface area contributed by atoms with E-state index >= 15 is 0 Å². The van der Waals surface area contributed by atoms with Gasteiger partial charge in [-0.1, -0.05) is 42.0 Å². The highest BCUT2D eigenvalue weighted by molar-refractivity contribution is 6.16. The molecule has 0 radical (unpaired) electrons. The molecule has 1 amide bonds. The number of para-hydroxylation sites is 1. The third kappa shape index (κ3) is 11.5. The van der Waals surface area contributed by atoms with Crippen LogP contribution in [-0.2, 0) is 4.79 Å². The molecule has 40 heavy (non-hydrogen) atoms. The van der Waals surface area contributed by atoms with Crippen molar-refractivity contribution in [3.8, 4) is 0 Å². The Labute approximate surface area is 238 Å². The molecule has 0 bridgehead atoms. The standard InChI is InChI=1S/C20H22FN3.C13H20FNO/c1-15-14-24(13-12-23(2)3)19-7-5-4-6-18(19)20(22-15)16-8-10-17(21)11-9-16;1-4-7-13(16)15-10-11(2)8-5-6-9-12(3)14/h4-11,14H,12-13H2,1-3H3;4,8-9H,1,5-7,10H2,2-3H3,(H,15,16)/b;11-8+,12-9+. The molecule has 1 N–H and O–H groups in total. The molecule has 0 aliphatic carbocycles. The van der Waals surface area contributed by atoms with Gasteiger partial charge in [0.2, 0.25) is 5.91 Å². The van der Waals surface area contributed by atoms with E-state index in [-0.39, 0.29) is 17.6 Å². The summed E-state index contributed by atoms with van der Waals surface area (Å²) in [7, 11) is 4.14. The molecule has 2 aromatic rings. The van der Waals surface area contributed by atoms with Gasteiger partial charge in [-0.3, -0.25) is 9.79 Å². The second kappa shape index (κ2) is 17.0. The van der Waals surface area contributed by atoms with E-state index < -0.39 is 0 Å². The van der Waals surface area contributed by atoms with Crippen LogP contribution in [0.25, 0.3) is 0 Å². The monoisotopic (exact) mass is 548 g/mol. The van der Waals surface area contributed by atoms with E-state index in [1.165, 1.54) is 19.1 Å². The van der Waals surface area contributed by atoms with Gasteiger partial charge in [0, 0.05) is 43.4 Å². The first-order valence-corrected chi connectivity index (χ1v) is 13.5. The smallest absolute Gasteiger partial charge is 0.224 e. The molecule has 5 nitrogen and oxygen atoms in total. The van der Waals surface area contributed by atoms with Crippen molar-refractivity contribution in [3.05, 3.63) is 114 Å². The van der Waals surface area contributed by atoms with Crippen LogP contribution in [-0.4, -0.2) is 50.2 Å². The van der Waals surface area contributed by atoms with E-state index in [1.807, 2.05) is 32.1 Å². The highest BCUT2D eigenvalue weighted by atomic mass is 19.1. The third-order valence-corrected chi connectivity index (χ3v) is 5.98. The summed E-state index contributed by atoms with van der Waals surface area (Å²) in [4.78, 5) is 20.3. The summed E-state index contributed by atoms with van der Waals surface area (Å²) >= 11 is 0. The molecule has 1 aliphatic rings. The Bertz CT molecular complexity index is 1240. The SMILES string of the molecule is C=CCC(=O)NC/C(C)=C/CC/C=C(\C)F.CC1=CN(CCN(C)C)c2ccccc2C(c2ccc(F)cc2)=N1. The summed E-state index contributed by atoms with van der Waals surface area (Å²) in [5.74, 6) is -0.409. The Hall–Kier alpha value is -3.84. The number of anilines is 1. The zero-order chi connectivity index (χ0) is 29.5. The molecule has 0 saturated heterocycles. The molecular formula is C33H42F2N4O. The highest BCUT2D eigenvalue weighted by Crippen LogP contribution is 2.28. The molecule has 1 heterocycles. The van der Waals surface area contributed by atoms with Gasteiger partial charge in [-0.2, -0.15) is 0 Å². The summed E-state index contributed by atoms with van der Waals surface area (Å²) < 4.78 is 25.6. The fourth-order valence-electron chi connectivity index (χ4n) is 3.93. The van der Waals surface area contributed by atoms with Crippen molar-refractivity contribution in [2.45, 2.75) is 40.0 Å². The number of hydrogen-bond acceptors (Lipinski definition) is 4. The number of unbranched alkanes of at least 4 members (excludes halogenated alkanes) is 1. The number of hydrogen-bond donors (Lipinski definition) is 1. The minimum absolute atomic E-state index is 0.0257. The van der Waals surface area contributed by atoms with E-state index in [9.17, 15) is 13.6 Å². The summed E-state index contributed by atoms with van der Waals surface area (Å²) in [6, 6.07) is 14.8. The lowest BCUT2D eigenvalue weighted by Gasteiger charge is -2.24. The Morgan fingerprint density at radius 3 is 2.40 bits per heavy atom. The molecule has 2 aromatic carbocycles. The normalized spacial score (nSPS) is 13.4. The minimum atomic E-state index is -0.235. The topological polar surface area (TPSA) is 47.9 Å². The van der Waals surface area contributed by atoms with Crippen LogP contribution in [0.2, 0.25) is 0 Å². The molecular weight excluding hydrogens is 506 g/mol. The maximum Gasteiger partial charge on any atom is 0.224 e. The molecule has 0 fully saturated rings. The van der Waals surface area contributed by atoms with Gasteiger partial charge in [-0.15, -0.1) is 6.58 Å². The zero-order valence-electron chi connectivity index (χ0n) is 24.4. The molecule has 0 unspecified atom stereocenters. The third-order valence-electron chi connectivity index (χ3n) is 5.98. The molecule has 0 saturated carbocycles. The number of halogens is 2. The van der Waals surface area contributed by atoms with Crippen LogP contribution in [0.4, 0.5) is 14.5 Å². The number of amides is 1. The zero-order valence-corrected chi connectivity index (χ0v) is 24.4. The average molecular weight is 549 g/mol. The van der Waals surface area contributed by atoms with Crippen molar-refractivity contribution in [2.24, 2.45) is 4.99 Å². The predicted octanol–water partition coefficient (Wildman–Crippen LogP) is 7.18. The maximum absolute atomic E-state index is 13.3. The van der Waals surface area contributed by atoms with E-state index in [1.54, 1.807) is 24.3 Å². The van der Waals surface area contributed by atoms with Crippen LogP contribution in [0.5, 0.6) is 0 Å². The summed E-state index contributed by atoms with van der Waals surface area (Å²) in [6.45, 7) is 11.2. The first kappa shape index (κ1) is 32.4. The van der Waals surface area contributed by atoms with Crippen molar-refractivity contribution in [2.75, 3.05) is 38.6 Å². The van der Waals surface area contributed by atoms with Gasteiger partial charge < -0.3 is 15.1 Å². The fourth-order valence-corrected chi connectivity index (χ4v) is 3.93. The number of aliphatic imine (C=N–C) groups is 1. The molecule has 0 aromatic heterocycles. The number of likely N-dealkylation sites (N-methyl/N-ethyl adjacent to an activating group) is 1. The first-order valence-electron chi connectivity index (χ1n) is 13.5. The van der Waals surface area contributed by atoms with Crippen molar-refractivity contribution < 1.29 is 13.6 Å². The predicted molar refractivity (Wildman–Crippen MR) is 164 cm³/mol. The number of fused-ring (bicyclic) bond motifs is 1. The van der Waals surface area contributed by atoms with Gasteiger partial charge in [0.05, 0.1) is 22.9 Å². The number of nitrogens with zero attached hydrogens (tertiary/aromatic N) is 3. The summed E-state index contributed by atoms with van der Waals surface area (Å²) in [5.41, 5.74) is 6.01. The number of nitrogens with one attached hydrogen (secondary N) is 1. The lowest BCUT2D eigenvalue weighted by Crippen LogP contribution is -2.28. The number of carbonyl (C=O) groups is 1. The Morgan fingerprint density at radius 2 is 1.75 bits per heavy atom. The average Bonchev–Trinajstić information content (AvgIpc) is 3.06. The quantitative estimate of drug-likeness (QED) is 0.239. The van der Waals surface area contributed by atoms with Gasteiger partial charge >= 0.3 is 0 Å². The van der Waals surface area contributed by atoms with Crippen molar-refractivity contribution in [1.29, 1.82) is 0 Å². The van der Waals surface area contributed by atoms with Gasteiger partial charge in [-0.05, 0) is 78.0 Å². The van der Waals surface area contributed by atoms with Crippen LogP contribution in [0, 0.1) is 5.82 Å². The molecule has 0 atom stereocenters. The summed E-state index contributed by atoms with van der Waals surface area (Å²) in [6.07, 6.45) is 9.05. The fraction of sp³-hybridized carbons (Fsp3) is 0.333. The second-order valence-electron chi connectivity index (χ2n) is 9.94. The Kier molecular flexibility index (Phi) is 13.7. The van der Waals surface area contributed by atoms with Crippen LogP contribution < -0.4 is 10.2 Å². The Balaban J connectivity index is 0.000000307.